The van der Waals surface area contributed by atoms with E-state index in [0.29, 0.717) is 11.3 Å². The van der Waals surface area contributed by atoms with Gasteiger partial charge in [-0.2, -0.15) is 0 Å². The Morgan fingerprint density at radius 3 is 2.61 bits per heavy atom. The van der Waals surface area contributed by atoms with Gasteiger partial charge in [0.25, 0.3) is 5.91 Å². The molecule has 1 aliphatic heterocycles. The second kappa shape index (κ2) is 7.98. The van der Waals surface area contributed by atoms with Crippen LogP contribution in [0.4, 0.5) is 0 Å². The molecular weight excluding hydrogens is 350 g/mol. The minimum atomic E-state index is -0.0237. The van der Waals surface area contributed by atoms with E-state index in [4.69, 9.17) is 0 Å². The van der Waals surface area contributed by atoms with Crippen LogP contribution in [-0.2, 0) is 0 Å². The molecule has 0 bridgehead atoms. The van der Waals surface area contributed by atoms with Gasteiger partial charge in [0.15, 0.2) is 5.78 Å². The number of hydrogen-bond acceptors (Lipinski definition) is 3. The summed E-state index contributed by atoms with van der Waals surface area (Å²) < 4.78 is 0. The number of benzene rings is 2. The number of hydrogen-bond donors (Lipinski definition) is 2. The van der Waals surface area contributed by atoms with Gasteiger partial charge in [0.2, 0.25) is 0 Å². The summed E-state index contributed by atoms with van der Waals surface area (Å²) >= 11 is 0. The van der Waals surface area contributed by atoms with E-state index in [1.807, 2.05) is 17.0 Å². The Morgan fingerprint density at radius 2 is 1.82 bits per heavy atom. The molecule has 3 aromatic rings. The number of fused-ring (bicyclic) bond motifs is 1. The van der Waals surface area contributed by atoms with E-state index < -0.39 is 0 Å². The zero-order chi connectivity index (χ0) is 19.5. The van der Waals surface area contributed by atoms with Crippen molar-refractivity contribution in [3.05, 3.63) is 71.5 Å². The molecule has 0 saturated carbocycles. The fourth-order valence-corrected chi connectivity index (χ4v) is 3.71. The highest BCUT2D eigenvalue weighted by molar-refractivity contribution is 6.01. The van der Waals surface area contributed by atoms with Gasteiger partial charge in [0.05, 0.1) is 6.54 Å². The molecule has 1 unspecified atom stereocenters. The molecule has 1 atom stereocenters. The lowest BCUT2D eigenvalue weighted by atomic mass is 10.0. The van der Waals surface area contributed by atoms with Gasteiger partial charge in [0.1, 0.15) is 5.69 Å². The van der Waals surface area contributed by atoms with Gasteiger partial charge in [-0.3, -0.25) is 9.59 Å². The largest absolute Gasteiger partial charge is 0.356 e. The zero-order valence-electron chi connectivity index (χ0n) is 16.1. The van der Waals surface area contributed by atoms with Gasteiger partial charge in [0, 0.05) is 30.9 Å². The van der Waals surface area contributed by atoms with Crippen molar-refractivity contribution in [1.29, 1.82) is 0 Å². The quantitative estimate of drug-likeness (QED) is 0.642. The highest BCUT2D eigenvalue weighted by atomic mass is 16.2. The smallest absolute Gasteiger partial charge is 0.270 e. The minimum absolute atomic E-state index is 0.0194. The molecule has 0 aliphatic carbocycles. The van der Waals surface area contributed by atoms with Crippen molar-refractivity contribution in [3.63, 3.8) is 0 Å². The summed E-state index contributed by atoms with van der Waals surface area (Å²) in [6.07, 6.45) is 3.73. The van der Waals surface area contributed by atoms with E-state index in [1.165, 1.54) is 10.8 Å². The maximum Gasteiger partial charge on any atom is 0.270 e. The first-order valence-electron chi connectivity index (χ1n) is 9.85. The maximum atomic E-state index is 12.5. The predicted octanol–water partition coefficient (Wildman–Crippen LogP) is 3.94. The van der Waals surface area contributed by atoms with Gasteiger partial charge in [-0.25, -0.2) is 0 Å². The topological polar surface area (TPSA) is 65.2 Å². The number of likely N-dealkylation sites (tertiary alicyclic amines) is 1. The third kappa shape index (κ3) is 3.85. The van der Waals surface area contributed by atoms with Crippen LogP contribution in [0, 0.1) is 0 Å². The van der Waals surface area contributed by atoms with E-state index in [9.17, 15) is 9.59 Å². The Morgan fingerprint density at radius 1 is 1.07 bits per heavy atom. The second-order valence-corrected chi connectivity index (χ2v) is 7.43. The number of nitrogens with one attached hydrogen (secondary N) is 2. The fraction of sp³-hybridized carbons (Fsp3) is 0.304. The lowest BCUT2D eigenvalue weighted by Crippen LogP contribution is -2.28. The molecule has 1 aliphatic rings. The van der Waals surface area contributed by atoms with E-state index in [0.717, 1.165) is 31.5 Å². The number of H-pyrrole nitrogens is 1. The number of ketones is 1. The van der Waals surface area contributed by atoms with Crippen LogP contribution in [-0.4, -0.2) is 41.2 Å². The third-order valence-corrected chi connectivity index (χ3v) is 5.47. The normalized spacial score (nSPS) is 15.1. The highest BCUT2D eigenvalue weighted by Gasteiger charge is 2.21. The molecule has 5 heteroatoms. The van der Waals surface area contributed by atoms with Crippen molar-refractivity contribution >= 4 is 22.5 Å². The van der Waals surface area contributed by atoms with Crippen LogP contribution >= 0.6 is 0 Å². The summed E-state index contributed by atoms with van der Waals surface area (Å²) in [6, 6.07) is 16.3. The number of aromatic nitrogens is 1. The Balaban J connectivity index is 1.37. The summed E-state index contributed by atoms with van der Waals surface area (Å²) in [5.74, 6) is -0.0431. The van der Waals surface area contributed by atoms with Crippen molar-refractivity contribution < 1.29 is 9.59 Å². The lowest BCUT2D eigenvalue weighted by molar-refractivity contribution is 0.0787. The summed E-state index contributed by atoms with van der Waals surface area (Å²) in [5.41, 5.74) is 2.18. The predicted molar refractivity (Wildman–Crippen MR) is 111 cm³/mol. The van der Waals surface area contributed by atoms with E-state index in [1.54, 1.807) is 12.3 Å². The van der Waals surface area contributed by atoms with Crippen LogP contribution in [0.3, 0.4) is 0 Å². The van der Waals surface area contributed by atoms with E-state index >= 15 is 0 Å². The molecule has 5 nitrogen and oxygen atoms in total. The van der Waals surface area contributed by atoms with Gasteiger partial charge < -0.3 is 15.2 Å². The molecule has 1 fully saturated rings. The average molecular weight is 375 g/mol. The van der Waals surface area contributed by atoms with Crippen molar-refractivity contribution in [2.45, 2.75) is 25.8 Å². The van der Waals surface area contributed by atoms with Crippen LogP contribution in [0.5, 0.6) is 0 Å². The Kier molecular flexibility index (Phi) is 5.26. The monoisotopic (exact) mass is 375 g/mol. The number of rotatable bonds is 6. The third-order valence-electron chi connectivity index (χ3n) is 5.47. The van der Waals surface area contributed by atoms with Crippen LogP contribution in [0.1, 0.15) is 52.2 Å². The van der Waals surface area contributed by atoms with Gasteiger partial charge in [-0.15, -0.1) is 0 Å². The molecule has 2 N–H and O–H groups in total. The zero-order valence-corrected chi connectivity index (χ0v) is 16.1. The first-order chi connectivity index (χ1) is 13.6. The molecule has 1 saturated heterocycles. The summed E-state index contributed by atoms with van der Waals surface area (Å²) in [7, 11) is 0. The molecular formula is C23H25N3O2. The summed E-state index contributed by atoms with van der Waals surface area (Å²) in [5, 5.41) is 5.69. The van der Waals surface area contributed by atoms with Gasteiger partial charge >= 0.3 is 0 Å². The maximum absolute atomic E-state index is 12.5. The number of carbonyl (C=O) groups excluding carboxylic acids is 2. The molecule has 2 heterocycles. The van der Waals surface area contributed by atoms with E-state index in [-0.39, 0.29) is 24.3 Å². The Labute approximate surface area is 164 Å². The molecule has 4 rings (SSSR count). The molecule has 1 amide bonds. The van der Waals surface area contributed by atoms with Crippen LogP contribution < -0.4 is 5.32 Å². The van der Waals surface area contributed by atoms with Crippen molar-refractivity contribution in [2.24, 2.45) is 0 Å². The Hall–Kier alpha value is -2.92. The van der Waals surface area contributed by atoms with Crippen LogP contribution in [0.15, 0.2) is 54.7 Å². The van der Waals surface area contributed by atoms with Crippen molar-refractivity contribution in [1.82, 2.24) is 15.2 Å². The van der Waals surface area contributed by atoms with Crippen molar-refractivity contribution in [2.75, 3.05) is 19.6 Å². The number of carbonyl (C=O) groups is 2. The van der Waals surface area contributed by atoms with Crippen molar-refractivity contribution in [3.8, 4) is 0 Å². The van der Waals surface area contributed by atoms with E-state index in [2.05, 4.69) is 47.6 Å². The molecule has 2 aromatic carbocycles. The minimum Gasteiger partial charge on any atom is -0.356 e. The SMILES string of the molecule is CC(NCC(=O)c1c[nH]c(C(=O)N2CCCC2)c1)c1ccc2ccccc2c1. The summed E-state index contributed by atoms with van der Waals surface area (Å²) in [6.45, 7) is 3.87. The number of Topliss-reactive ketones (excluding diaryl/α,β-unsaturated/α-hetero) is 1. The van der Waals surface area contributed by atoms with Gasteiger partial charge in [-0.05, 0) is 48.2 Å². The first kappa shape index (κ1) is 18.4. The number of nitrogens with zero attached hydrogens (tertiary/aromatic N) is 1. The van der Waals surface area contributed by atoms with Crippen LogP contribution in [0.2, 0.25) is 0 Å². The standard InChI is InChI=1S/C23H25N3O2/c1-16(18-9-8-17-6-2-3-7-19(17)12-18)24-15-22(27)20-13-21(25-14-20)23(28)26-10-4-5-11-26/h2-3,6-9,12-14,16,24-25H,4-5,10-11,15H2,1H3. The molecule has 28 heavy (non-hydrogen) atoms. The highest BCUT2D eigenvalue weighted by Crippen LogP contribution is 2.20. The second-order valence-electron chi connectivity index (χ2n) is 7.43. The van der Waals surface area contributed by atoms with Crippen LogP contribution in [0.25, 0.3) is 10.8 Å². The molecule has 144 valence electrons. The Bertz CT molecular complexity index is 1000. The van der Waals surface area contributed by atoms with Gasteiger partial charge in [-0.1, -0.05) is 36.4 Å². The number of amides is 1. The molecule has 0 radical (unpaired) electrons. The first-order valence-corrected chi connectivity index (χ1v) is 9.85. The summed E-state index contributed by atoms with van der Waals surface area (Å²) in [4.78, 5) is 29.7. The molecule has 0 spiro atoms. The average Bonchev–Trinajstić information content (AvgIpc) is 3.43. The fourth-order valence-electron chi connectivity index (χ4n) is 3.71. The molecule has 1 aromatic heterocycles. The number of aromatic amines is 1. The lowest BCUT2D eigenvalue weighted by Gasteiger charge is -2.14.